The molecule has 6 aliphatic rings. The number of carbonyl (C=O) groups excluding carboxylic acids is 4. The molecule has 3 N–H and O–H groups in total. The van der Waals surface area contributed by atoms with Gasteiger partial charge in [-0.1, -0.05) is 12.1 Å². The van der Waals surface area contributed by atoms with Gasteiger partial charge < -0.3 is 34.9 Å². The van der Waals surface area contributed by atoms with Crippen molar-refractivity contribution in [1.29, 1.82) is 0 Å². The number of halogens is 1. The number of imide groups is 1. The lowest BCUT2D eigenvalue weighted by atomic mass is 9.92. The van der Waals surface area contributed by atoms with Crippen LogP contribution in [0.15, 0.2) is 42.5 Å². The molecule has 0 radical (unpaired) electrons. The van der Waals surface area contributed by atoms with E-state index in [0.717, 1.165) is 62.5 Å². The summed E-state index contributed by atoms with van der Waals surface area (Å²) < 4.78 is 14.2. The Kier molecular flexibility index (Phi) is 9.64. The molecule has 0 spiro atoms. The first-order valence-electron chi connectivity index (χ1n) is 20.6. The molecule has 15 nitrogen and oxygen atoms in total. The Morgan fingerprint density at radius 3 is 2.50 bits per heavy atom. The zero-order valence-electron chi connectivity index (χ0n) is 33.3. The van der Waals surface area contributed by atoms with Crippen LogP contribution in [0.1, 0.15) is 62.4 Å². The van der Waals surface area contributed by atoms with Crippen molar-refractivity contribution in [2.24, 2.45) is 5.92 Å². The Labute approximate surface area is 337 Å². The van der Waals surface area contributed by atoms with Gasteiger partial charge in [0.25, 0.3) is 5.91 Å². The van der Waals surface area contributed by atoms with E-state index in [4.69, 9.17) is 0 Å². The van der Waals surface area contributed by atoms with Crippen LogP contribution in [0.2, 0.25) is 0 Å². The fraction of sp³-hybridized carbons (Fsp3) is 0.524. The fourth-order valence-electron chi connectivity index (χ4n) is 10.2. The predicted molar refractivity (Wildman–Crippen MR) is 215 cm³/mol. The van der Waals surface area contributed by atoms with Crippen molar-refractivity contribution in [2.75, 3.05) is 74.0 Å². The summed E-state index contributed by atoms with van der Waals surface area (Å²) in [5, 5.41) is 24.8. The lowest BCUT2D eigenvalue weighted by Crippen LogP contribution is -2.69. The van der Waals surface area contributed by atoms with Gasteiger partial charge in [-0.2, -0.15) is 0 Å². The molecule has 306 valence electrons. The van der Waals surface area contributed by atoms with Crippen LogP contribution in [0.3, 0.4) is 0 Å². The fourth-order valence-corrected chi connectivity index (χ4v) is 10.2. The highest BCUT2D eigenvalue weighted by Crippen LogP contribution is 2.41. The molecule has 9 rings (SSSR count). The Balaban J connectivity index is 0.783. The third kappa shape index (κ3) is 6.74. The van der Waals surface area contributed by atoms with Crippen molar-refractivity contribution in [3.05, 3.63) is 59.4 Å². The molecule has 4 fully saturated rings. The lowest BCUT2D eigenvalue weighted by Gasteiger charge is -2.54. The summed E-state index contributed by atoms with van der Waals surface area (Å²) in [5.74, 6) is -0.847. The maximum absolute atomic E-state index is 14.3. The molecule has 0 aliphatic carbocycles. The van der Waals surface area contributed by atoms with E-state index in [1.807, 2.05) is 23.1 Å². The number of hydrogen-bond acceptors (Lipinski definition) is 11. The summed E-state index contributed by atoms with van der Waals surface area (Å²) in [4.78, 5) is 64.6. The second-order valence-electron chi connectivity index (χ2n) is 17.3. The Bertz CT molecular complexity index is 2150. The van der Waals surface area contributed by atoms with E-state index < -0.39 is 29.1 Å². The molecule has 58 heavy (non-hydrogen) atoms. The van der Waals surface area contributed by atoms with E-state index in [-0.39, 0.29) is 41.9 Å². The van der Waals surface area contributed by atoms with E-state index in [1.165, 1.54) is 12.1 Å². The highest BCUT2D eigenvalue weighted by atomic mass is 19.1. The zero-order chi connectivity index (χ0) is 40.5. The third-order valence-electron chi connectivity index (χ3n) is 13.2. The van der Waals surface area contributed by atoms with Gasteiger partial charge in [-0.25, -0.2) is 9.18 Å². The molecule has 1 aromatic heterocycles. The van der Waals surface area contributed by atoms with Crippen molar-refractivity contribution in [3.63, 3.8) is 0 Å². The maximum atomic E-state index is 14.3. The van der Waals surface area contributed by atoms with E-state index in [9.17, 15) is 28.7 Å². The molecule has 6 aliphatic heterocycles. The number of aromatic hydroxyl groups is 1. The van der Waals surface area contributed by atoms with Crippen LogP contribution in [0.25, 0.3) is 11.3 Å². The van der Waals surface area contributed by atoms with Gasteiger partial charge in [0.15, 0.2) is 17.4 Å². The standard InChI is InChI=1S/C42H51FN10O5/c1-25-19-48(21-27-11-13-49(14-12-27)29-8-7-28-22-51(40(57)31(28)17-29)34-9-10-36(54)45-39(34)56)20-26(2)53(25)41(58)50-15-16-52-35-18-33(30-5-4-6-32(43)37(30)55)46-47-38(35)44-23-42(52,3)24-50/h4-8,17-18,25-27,34,55H,9-16,19-24H2,1-3H3,(H,44,47)(H,45,54,56)/t25-,26-,34-,42+/m1/s1. The molecule has 4 atom stereocenters. The van der Waals surface area contributed by atoms with Crippen LogP contribution in [-0.2, 0) is 16.1 Å². The van der Waals surface area contributed by atoms with Gasteiger partial charge in [0, 0.05) is 101 Å². The normalized spacial score (nSPS) is 26.6. The number of nitrogens with one attached hydrogen (secondary N) is 2. The number of aromatic nitrogens is 2. The summed E-state index contributed by atoms with van der Waals surface area (Å²) in [7, 11) is 0. The minimum Gasteiger partial charge on any atom is -0.504 e. The molecule has 3 aromatic rings. The van der Waals surface area contributed by atoms with Crippen LogP contribution in [-0.4, -0.2) is 141 Å². The smallest absolute Gasteiger partial charge is 0.320 e. The lowest BCUT2D eigenvalue weighted by molar-refractivity contribution is -0.136. The Morgan fingerprint density at radius 1 is 0.966 bits per heavy atom. The Morgan fingerprint density at radius 2 is 1.74 bits per heavy atom. The number of piperazine rings is 2. The molecule has 0 bridgehead atoms. The van der Waals surface area contributed by atoms with Crippen molar-refractivity contribution < 1.29 is 28.7 Å². The molecule has 2 aromatic carbocycles. The second kappa shape index (κ2) is 14.7. The van der Waals surface area contributed by atoms with Crippen molar-refractivity contribution in [1.82, 2.24) is 35.1 Å². The van der Waals surface area contributed by atoms with Gasteiger partial charge in [0.05, 0.1) is 16.9 Å². The monoisotopic (exact) mass is 794 g/mol. The number of rotatable bonds is 5. The molecule has 7 heterocycles. The van der Waals surface area contributed by atoms with Gasteiger partial charge in [0.1, 0.15) is 6.04 Å². The number of carbonyl (C=O) groups is 4. The number of urea groups is 1. The highest BCUT2D eigenvalue weighted by molar-refractivity contribution is 6.05. The number of phenolic OH excluding ortho intramolecular Hbond substituents is 1. The number of para-hydroxylation sites is 1. The molecule has 5 amide bonds. The van der Waals surface area contributed by atoms with Crippen LogP contribution < -0.4 is 20.4 Å². The first-order chi connectivity index (χ1) is 27.9. The summed E-state index contributed by atoms with van der Waals surface area (Å²) in [5.41, 5.74) is 3.64. The molecule has 4 saturated heterocycles. The number of anilines is 3. The number of piperidine rings is 2. The van der Waals surface area contributed by atoms with Crippen LogP contribution in [0.4, 0.5) is 26.4 Å². The van der Waals surface area contributed by atoms with E-state index in [1.54, 1.807) is 11.0 Å². The number of fused-ring (bicyclic) bond motifs is 4. The number of benzene rings is 2. The van der Waals surface area contributed by atoms with Gasteiger partial charge in [0.2, 0.25) is 11.8 Å². The largest absolute Gasteiger partial charge is 0.504 e. The predicted octanol–water partition coefficient (Wildman–Crippen LogP) is 3.49. The second-order valence-corrected chi connectivity index (χ2v) is 17.3. The third-order valence-corrected chi connectivity index (χ3v) is 13.2. The summed E-state index contributed by atoms with van der Waals surface area (Å²) in [6, 6.07) is 11.8. The SMILES string of the molecule is C[C@@H]1CN(CC2CCN(c3ccc4c(c3)C(=O)N([C@@H]3CCC(=O)NC3=O)C4)CC2)C[C@@H](C)N1C(=O)N1CCN2c3cc(-c4cccc(F)c4O)nnc3NC[C@@]2(C)C1. The first kappa shape index (κ1) is 38.0. The number of nitrogens with zero attached hydrogens (tertiary/aromatic N) is 8. The minimum absolute atomic E-state index is 0.0489. The topological polar surface area (TPSA) is 158 Å². The van der Waals surface area contributed by atoms with Gasteiger partial charge in [-0.05, 0) is 81.8 Å². The number of hydrogen-bond donors (Lipinski definition) is 3. The molecule has 0 saturated carbocycles. The average Bonchev–Trinajstić information content (AvgIpc) is 3.53. The van der Waals surface area contributed by atoms with Gasteiger partial charge in [-0.15, -0.1) is 10.2 Å². The first-order valence-corrected chi connectivity index (χ1v) is 20.6. The number of phenols is 1. The molecular weight excluding hydrogens is 744 g/mol. The Hall–Kier alpha value is -5.51. The number of amides is 5. The van der Waals surface area contributed by atoms with Crippen LogP contribution >= 0.6 is 0 Å². The molecule has 16 heteroatoms. The van der Waals surface area contributed by atoms with E-state index >= 15 is 0 Å². The molecular formula is C42H51FN10O5. The van der Waals surface area contributed by atoms with Crippen LogP contribution in [0.5, 0.6) is 5.75 Å². The van der Waals surface area contributed by atoms with Crippen molar-refractivity contribution in [3.8, 4) is 17.0 Å². The van der Waals surface area contributed by atoms with Gasteiger partial charge >= 0.3 is 6.03 Å². The minimum atomic E-state index is -0.714. The summed E-state index contributed by atoms with van der Waals surface area (Å²) in [6.07, 6.45) is 2.66. The van der Waals surface area contributed by atoms with Gasteiger partial charge in [-0.3, -0.25) is 24.6 Å². The highest BCUT2D eigenvalue weighted by Gasteiger charge is 2.46. The molecule has 0 unspecified atom stereocenters. The maximum Gasteiger partial charge on any atom is 0.320 e. The quantitative estimate of drug-likeness (QED) is 0.325. The van der Waals surface area contributed by atoms with Crippen molar-refractivity contribution in [2.45, 2.75) is 76.7 Å². The summed E-state index contributed by atoms with van der Waals surface area (Å²) in [6.45, 7) is 13.5. The zero-order valence-corrected chi connectivity index (χ0v) is 33.3. The van der Waals surface area contributed by atoms with E-state index in [0.29, 0.717) is 62.1 Å². The average molecular weight is 795 g/mol. The van der Waals surface area contributed by atoms with E-state index in [2.05, 4.69) is 67.3 Å². The van der Waals surface area contributed by atoms with Crippen LogP contribution in [0, 0.1) is 11.7 Å². The van der Waals surface area contributed by atoms with Crippen molar-refractivity contribution >= 4 is 40.9 Å². The summed E-state index contributed by atoms with van der Waals surface area (Å²) >= 11 is 0.